The molecule has 0 aliphatic carbocycles. The van der Waals surface area contributed by atoms with E-state index in [-0.39, 0.29) is 0 Å². The van der Waals surface area contributed by atoms with Crippen molar-refractivity contribution in [2.75, 3.05) is 46.4 Å². The second kappa shape index (κ2) is 8.27. The Balaban J connectivity index is 1.45. The van der Waals surface area contributed by atoms with E-state index < -0.39 is 0 Å². The Morgan fingerprint density at radius 3 is 2.52 bits per heavy atom. The van der Waals surface area contributed by atoms with E-state index in [1.165, 1.54) is 76.8 Å². The second-order valence-electron chi connectivity index (χ2n) is 7.24. The molecule has 2 aliphatic rings. The normalized spacial score (nSPS) is 22.0. The van der Waals surface area contributed by atoms with E-state index in [1.807, 2.05) is 7.11 Å². The van der Waals surface area contributed by atoms with Crippen molar-refractivity contribution in [2.45, 2.75) is 44.1 Å². The van der Waals surface area contributed by atoms with Crippen LogP contribution < -0.4 is 0 Å². The fraction of sp³-hybridized carbons (Fsp3) is 0.700. The van der Waals surface area contributed by atoms with Crippen molar-refractivity contribution in [3.63, 3.8) is 0 Å². The minimum atomic E-state index is 0.511. The molecule has 0 radical (unpaired) electrons. The fourth-order valence-corrected chi connectivity index (χ4v) is 4.43. The minimum Gasteiger partial charge on any atom is -0.385 e. The molecule has 0 unspecified atom stereocenters. The highest BCUT2D eigenvalue weighted by atomic mass is 16.5. The number of hydrogen-bond acceptors (Lipinski definition) is 3. The van der Waals surface area contributed by atoms with Crippen LogP contribution in [0.25, 0.3) is 0 Å². The maximum Gasteiger partial charge on any atom is 0.0474 e. The van der Waals surface area contributed by atoms with Crippen molar-refractivity contribution in [3.05, 3.63) is 35.9 Å². The third-order valence-electron chi connectivity index (χ3n) is 5.86. The molecule has 0 saturated carbocycles. The average Bonchev–Trinajstić information content (AvgIpc) is 2.98. The number of nitrogens with zero attached hydrogens (tertiary/aromatic N) is 2. The van der Waals surface area contributed by atoms with E-state index in [1.54, 1.807) is 0 Å². The molecular formula is C20H32N2O. The summed E-state index contributed by atoms with van der Waals surface area (Å²) in [6.45, 7) is 7.17. The van der Waals surface area contributed by atoms with Gasteiger partial charge in [-0.15, -0.1) is 0 Å². The highest BCUT2D eigenvalue weighted by Gasteiger charge is 2.42. The molecule has 0 amide bonds. The zero-order valence-electron chi connectivity index (χ0n) is 14.7. The molecule has 0 bridgehead atoms. The first-order chi connectivity index (χ1) is 11.3. The summed E-state index contributed by atoms with van der Waals surface area (Å²) in [5.41, 5.74) is 1.98. The van der Waals surface area contributed by atoms with Gasteiger partial charge in [-0.1, -0.05) is 30.3 Å². The van der Waals surface area contributed by atoms with Crippen molar-refractivity contribution < 1.29 is 4.74 Å². The summed E-state index contributed by atoms with van der Waals surface area (Å²) < 4.78 is 5.23. The van der Waals surface area contributed by atoms with Crippen LogP contribution in [0.5, 0.6) is 0 Å². The molecule has 2 fully saturated rings. The van der Waals surface area contributed by atoms with Crippen molar-refractivity contribution >= 4 is 0 Å². The Hall–Kier alpha value is -0.900. The Bertz CT molecular complexity index is 454. The van der Waals surface area contributed by atoms with Gasteiger partial charge in [0.1, 0.15) is 0 Å². The number of hydrogen-bond donors (Lipinski definition) is 0. The lowest BCUT2D eigenvalue weighted by molar-refractivity contribution is 0.0473. The molecule has 2 saturated heterocycles. The van der Waals surface area contributed by atoms with E-state index >= 15 is 0 Å². The van der Waals surface area contributed by atoms with Gasteiger partial charge in [0.2, 0.25) is 0 Å². The SMILES string of the molecule is COCCCN1CCCC12CCN(CCc1ccccc1)CC2. The molecule has 3 nitrogen and oxygen atoms in total. The topological polar surface area (TPSA) is 15.7 Å². The summed E-state index contributed by atoms with van der Waals surface area (Å²) in [4.78, 5) is 5.45. The Labute approximate surface area is 141 Å². The van der Waals surface area contributed by atoms with Gasteiger partial charge in [-0.25, -0.2) is 0 Å². The lowest BCUT2D eigenvalue weighted by Gasteiger charge is -2.45. The molecule has 23 heavy (non-hydrogen) atoms. The van der Waals surface area contributed by atoms with Crippen LogP contribution >= 0.6 is 0 Å². The highest BCUT2D eigenvalue weighted by Crippen LogP contribution is 2.38. The molecule has 0 aromatic heterocycles. The largest absolute Gasteiger partial charge is 0.385 e. The van der Waals surface area contributed by atoms with Crippen LogP contribution in [0, 0.1) is 0 Å². The van der Waals surface area contributed by atoms with Crippen LogP contribution in [0.15, 0.2) is 30.3 Å². The van der Waals surface area contributed by atoms with Gasteiger partial charge in [-0.05, 0) is 63.7 Å². The minimum absolute atomic E-state index is 0.511. The van der Waals surface area contributed by atoms with Crippen LogP contribution in [-0.2, 0) is 11.2 Å². The van der Waals surface area contributed by atoms with E-state index in [0.29, 0.717) is 5.54 Å². The van der Waals surface area contributed by atoms with Gasteiger partial charge in [0, 0.05) is 32.3 Å². The van der Waals surface area contributed by atoms with Gasteiger partial charge in [0.15, 0.2) is 0 Å². The van der Waals surface area contributed by atoms with Crippen LogP contribution in [0.3, 0.4) is 0 Å². The zero-order chi connectivity index (χ0) is 16.0. The Morgan fingerprint density at radius 2 is 1.78 bits per heavy atom. The summed E-state index contributed by atoms with van der Waals surface area (Å²) in [6.07, 6.45) is 7.87. The number of benzene rings is 1. The third-order valence-corrected chi connectivity index (χ3v) is 5.86. The number of methoxy groups -OCH3 is 1. The number of piperidine rings is 1. The van der Waals surface area contributed by atoms with Crippen LogP contribution in [0.2, 0.25) is 0 Å². The molecule has 1 aromatic carbocycles. The van der Waals surface area contributed by atoms with Gasteiger partial charge in [-0.2, -0.15) is 0 Å². The first kappa shape index (κ1) is 16.9. The summed E-state index contributed by atoms with van der Waals surface area (Å²) >= 11 is 0. The fourth-order valence-electron chi connectivity index (χ4n) is 4.43. The van der Waals surface area contributed by atoms with E-state index in [2.05, 4.69) is 40.1 Å². The summed E-state index contributed by atoms with van der Waals surface area (Å²) in [5, 5.41) is 0. The number of likely N-dealkylation sites (tertiary alicyclic amines) is 2. The summed E-state index contributed by atoms with van der Waals surface area (Å²) in [7, 11) is 1.81. The van der Waals surface area contributed by atoms with Crippen LogP contribution in [-0.4, -0.2) is 61.8 Å². The van der Waals surface area contributed by atoms with E-state index in [4.69, 9.17) is 4.74 Å². The average molecular weight is 316 g/mol. The molecule has 2 heterocycles. The lowest BCUT2D eigenvalue weighted by atomic mass is 9.84. The molecule has 2 aliphatic heterocycles. The molecule has 128 valence electrons. The summed E-state index contributed by atoms with van der Waals surface area (Å²) in [5.74, 6) is 0. The van der Waals surface area contributed by atoms with Crippen molar-refractivity contribution in [1.29, 1.82) is 0 Å². The smallest absolute Gasteiger partial charge is 0.0474 e. The number of rotatable bonds is 7. The van der Waals surface area contributed by atoms with Crippen molar-refractivity contribution in [3.8, 4) is 0 Å². The van der Waals surface area contributed by atoms with E-state index in [0.717, 1.165) is 6.61 Å². The summed E-state index contributed by atoms with van der Waals surface area (Å²) in [6, 6.07) is 10.9. The van der Waals surface area contributed by atoms with Gasteiger partial charge < -0.3 is 9.64 Å². The molecule has 0 atom stereocenters. The first-order valence-electron chi connectivity index (χ1n) is 9.33. The molecule has 1 aromatic rings. The first-order valence-corrected chi connectivity index (χ1v) is 9.33. The quantitative estimate of drug-likeness (QED) is 0.719. The standard InChI is InChI=1S/C20H32N2O/c1-23-18-6-14-22-13-5-10-20(22)11-16-21(17-12-20)15-9-19-7-3-2-4-8-19/h2-4,7-8H,5-6,9-18H2,1H3. The third kappa shape index (κ3) is 4.34. The predicted octanol–water partition coefficient (Wildman–Crippen LogP) is 3.20. The molecule has 3 heteroatoms. The molecule has 3 rings (SSSR count). The van der Waals surface area contributed by atoms with Crippen LogP contribution in [0.1, 0.15) is 37.7 Å². The molecule has 1 spiro atoms. The molecular weight excluding hydrogens is 284 g/mol. The second-order valence-corrected chi connectivity index (χ2v) is 7.24. The predicted molar refractivity (Wildman–Crippen MR) is 95.9 cm³/mol. The van der Waals surface area contributed by atoms with Crippen LogP contribution in [0.4, 0.5) is 0 Å². The van der Waals surface area contributed by atoms with Gasteiger partial charge >= 0.3 is 0 Å². The van der Waals surface area contributed by atoms with Crippen molar-refractivity contribution in [1.82, 2.24) is 9.80 Å². The zero-order valence-corrected chi connectivity index (χ0v) is 14.7. The lowest BCUT2D eigenvalue weighted by Crippen LogP contribution is -2.52. The number of ether oxygens (including phenoxy) is 1. The van der Waals surface area contributed by atoms with E-state index in [9.17, 15) is 0 Å². The maximum absolute atomic E-state index is 5.23. The highest BCUT2D eigenvalue weighted by molar-refractivity contribution is 5.15. The Kier molecular flexibility index (Phi) is 6.09. The monoisotopic (exact) mass is 316 g/mol. The molecule has 0 N–H and O–H groups in total. The maximum atomic E-state index is 5.23. The van der Waals surface area contributed by atoms with Crippen molar-refractivity contribution in [2.24, 2.45) is 0 Å². The van der Waals surface area contributed by atoms with Gasteiger partial charge in [0.05, 0.1) is 0 Å². The van der Waals surface area contributed by atoms with Gasteiger partial charge in [0.25, 0.3) is 0 Å². The van der Waals surface area contributed by atoms with Gasteiger partial charge in [-0.3, -0.25) is 4.90 Å². The Morgan fingerprint density at radius 1 is 1.00 bits per heavy atom.